The van der Waals surface area contributed by atoms with Crippen molar-refractivity contribution >= 4 is 0 Å². The van der Waals surface area contributed by atoms with E-state index in [0.717, 1.165) is 6.07 Å². The molecule has 0 amide bonds. The second kappa shape index (κ2) is 9.75. The van der Waals surface area contributed by atoms with Crippen LogP contribution in [0.4, 0.5) is 17.6 Å². The van der Waals surface area contributed by atoms with Crippen LogP contribution in [0.3, 0.4) is 0 Å². The van der Waals surface area contributed by atoms with Crippen LogP contribution in [0.15, 0.2) is 18.2 Å². The van der Waals surface area contributed by atoms with Crippen LogP contribution in [-0.4, -0.2) is 26.8 Å². The minimum absolute atomic E-state index is 0.211. The standard InChI is InChI=1S/C14H10F4O5.2C2H6/c1-5-2-3-6(4-7(5)15)8-9(19)11(21)12(22)13(10(8)20)23-14(16,17)18;2*1-2/h2-4,19-22H,1H3;2*1-2H3. The third kappa shape index (κ3) is 5.57. The van der Waals surface area contributed by atoms with Gasteiger partial charge in [-0.15, -0.1) is 13.2 Å². The summed E-state index contributed by atoms with van der Waals surface area (Å²) < 4.78 is 54.1. The van der Waals surface area contributed by atoms with E-state index in [1.165, 1.54) is 19.1 Å². The van der Waals surface area contributed by atoms with E-state index in [2.05, 4.69) is 4.74 Å². The van der Waals surface area contributed by atoms with E-state index in [4.69, 9.17) is 0 Å². The summed E-state index contributed by atoms with van der Waals surface area (Å²) in [7, 11) is 0. The molecule has 0 heterocycles. The maximum Gasteiger partial charge on any atom is 0.573 e. The molecule has 0 aliphatic rings. The van der Waals surface area contributed by atoms with Gasteiger partial charge in [-0.1, -0.05) is 39.8 Å². The molecule has 0 radical (unpaired) electrons. The maximum absolute atomic E-state index is 13.6. The lowest BCUT2D eigenvalue weighted by molar-refractivity contribution is -0.275. The van der Waals surface area contributed by atoms with Crippen molar-refractivity contribution < 1.29 is 42.7 Å². The Morgan fingerprint density at radius 1 is 0.815 bits per heavy atom. The first kappa shape index (κ1) is 24.2. The molecule has 0 bridgehead atoms. The van der Waals surface area contributed by atoms with E-state index in [1.54, 1.807) is 0 Å². The van der Waals surface area contributed by atoms with Crippen LogP contribution in [0.5, 0.6) is 28.7 Å². The van der Waals surface area contributed by atoms with E-state index in [9.17, 15) is 38.0 Å². The molecule has 0 saturated carbocycles. The molecule has 5 nitrogen and oxygen atoms in total. The predicted molar refractivity (Wildman–Crippen MR) is 92.6 cm³/mol. The lowest BCUT2D eigenvalue weighted by atomic mass is 10.00. The molecule has 0 spiro atoms. The van der Waals surface area contributed by atoms with Gasteiger partial charge in [0.25, 0.3) is 0 Å². The first-order valence-electron chi connectivity index (χ1n) is 8.05. The van der Waals surface area contributed by atoms with Gasteiger partial charge in [0.15, 0.2) is 11.5 Å². The second-order valence-corrected chi connectivity index (χ2v) is 4.61. The number of aromatic hydroxyl groups is 4. The van der Waals surface area contributed by atoms with Gasteiger partial charge in [0, 0.05) is 0 Å². The van der Waals surface area contributed by atoms with E-state index in [-0.39, 0.29) is 11.1 Å². The van der Waals surface area contributed by atoms with Gasteiger partial charge in [-0.2, -0.15) is 0 Å². The summed E-state index contributed by atoms with van der Waals surface area (Å²) in [5.41, 5.74) is -0.744. The third-order valence-electron chi connectivity index (χ3n) is 3.03. The molecule has 2 aromatic carbocycles. The Bertz CT molecular complexity index is 774. The fraction of sp³-hybridized carbons (Fsp3) is 0.333. The largest absolute Gasteiger partial charge is 0.573 e. The lowest BCUT2D eigenvalue weighted by Crippen LogP contribution is -2.17. The molecule has 0 saturated heterocycles. The summed E-state index contributed by atoms with van der Waals surface area (Å²) in [5, 5.41) is 38.6. The van der Waals surface area contributed by atoms with Crippen molar-refractivity contribution in [3.8, 4) is 39.9 Å². The smallest absolute Gasteiger partial charge is 0.504 e. The van der Waals surface area contributed by atoms with Gasteiger partial charge in [-0.05, 0) is 24.1 Å². The molecule has 2 aromatic rings. The fourth-order valence-electron chi connectivity index (χ4n) is 1.91. The van der Waals surface area contributed by atoms with Crippen molar-refractivity contribution in [2.24, 2.45) is 0 Å². The Kier molecular flexibility index (Phi) is 8.72. The van der Waals surface area contributed by atoms with Crippen LogP contribution in [0.2, 0.25) is 0 Å². The highest BCUT2D eigenvalue weighted by Crippen LogP contribution is 2.56. The average molecular weight is 394 g/mol. The van der Waals surface area contributed by atoms with Gasteiger partial charge in [0.2, 0.25) is 17.2 Å². The molecule has 0 aliphatic heterocycles. The molecular formula is C18H22F4O5. The number of ether oxygens (including phenoxy) is 1. The molecule has 0 aliphatic carbocycles. The Morgan fingerprint density at radius 2 is 1.33 bits per heavy atom. The molecule has 9 heteroatoms. The zero-order valence-corrected chi connectivity index (χ0v) is 15.4. The number of aryl methyl sites for hydroxylation is 1. The number of phenols is 4. The molecular weight excluding hydrogens is 372 g/mol. The van der Waals surface area contributed by atoms with Crippen LogP contribution in [0, 0.1) is 12.7 Å². The van der Waals surface area contributed by atoms with Crippen molar-refractivity contribution in [1.29, 1.82) is 0 Å². The van der Waals surface area contributed by atoms with Crippen molar-refractivity contribution in [3.63, 3.8) is 0 Å². The Balaban J connectivity index is 0.00000158. The normalized spacial score (nSPS) is 10.3. The van der Waals surface area contributed by atoms with E-state index < -0.39 is 46.5 Å². The highest BCUT2D eigenvalue weighted by molar-refractivity contribution is 5.85. The van der Waals surface area contributed by atoms with Crippen LogP contribution in [-0.2, 0) is 0 Å². The average Bonchev–Trinajstić information content (AvgIpc) is 2.63. The minimum Gasteiger partial charge on any atom is -0.504 e. The van der Waals surface area contributed by atoms with Crippen LogP contribution in [0.1, 0.15) is 33.3 Å². The number of benzene rings is 2. The summed E-state index contributed by atoms with van der Waals surface area (Å²) in [6, 6.07) is 3.27. The SMILES string of the molecule is CC.CC.Cc1ccc(-c2c(O)c(O)c(O)c(OC(F)(F)F)c2O)cc1F. The minimum atomic E-state index is -5.28. The maximum atomic E-state index is 13.6. The highest BCUT2D eigenvalue weighted by atomic mass is 19.4. The van der Waals surface area contributed by atoms with Crippen molar-refractivity contribution in [2.75, 3.05) is 0 Å². The number of phenolic OH excluding ortho intramolecular Hbond substituents is 4. The topological polar surface area (TPSA) is 90.2 Å². The number of alkyl halides is 3. The van der Waals surface area contributed by atoms with Gasteiger partial charge in [0.05, 0.1) is 5.56 Å². The molecule has 0 atom stereocenters. The second-order valence-electron chi connectivity index (χ2n) is 4.61. The van der Waals surface area contributed by atoms with Gasteiger partial charge >= 0.3 is 6.36 Å². The molecule has 152 valence electrons. The number of rotatable bonds is 2. The summed E-state index contributed by atoms with van der Waals surface area (Å²) in [6.07, 6.45) is -5.28. The number of hydrogen-bond acceptors (Lipinski definition) is 5. The van der Waals surface area contributed by atoms with Crippen molar-refractivity contribution in [3.05, 3.63) is 29.6 Å². The molecule has 0 aromatic heterocycles. The fourth-order valence-corrected chi connectivity index (χ4v) is 1.91. The number of hydrogen-bond donors (Lipinski definition) is 4. The Morgan fingerprint density at radius 3 is 1.78 bits per heavy atom. The zero-order chi connectivity index (χ0) is 21.5. The third-order valence-corrected chi connectivity index (χ3v) is 3.03. The summed E-state index contributed by atoms with van der Waals surface area (Å²) in [5.74, 6) is -7.56. The summed E-state index contributed by atoms with van der Waals surface area (Å²) >= 11 is 0. The summed E-state index contributed by atoms with van der Waals surface area (Å²) in [6.45, 7) is 9.42. The quantitative estimate of drug-likeness (QED) is 0.304. The lowest BCUT2D eigenvalue weighted by Gasteiger charge is -2.17. The van der Waals surface area contributed by atoms with Crippen LogP contribution in [0.25, 0.3) is 11.1 Å². The van der Waals surface area contributed by atoms with Crippen molar-refractivity contribution in [2.45, 2.75) is 41.0 Å². The van der Waals surface area contributed by atoms with E-state index in [0.29, 0.717) is 0 Å². The van der Waals surface area contributed by atoms with Gasteiger partial charge in [0.1, 0.15) is 5.82 Å². The molecule has 2 rings (SSSR count). The molecule has 27 heavy (non-hydrogen) atoms. The molecule has 0 fully saturated rings. The van der Waals surface area contributed by atoms with Gasteiger partial charge in [-0.3, -0.25) is 0 Å². The van der Waals surface area contributed by atoms with Crippen molar-refractivity contribution in [1.82, 2.24) is 0 Å². The first-order chi connectivity index (χ1) is 12.5. The highest BCUT2D eigenvalue weighted by Gasteiger charge is 2.37. The zero-order valence-electron chi connectivity index (χ0n) is 15.4. The van der Waals surface area contributed by atoms with E-state index in [1.807, 2.05) is 27.7 Å². The van der Waals surface area contributed by atoms with Crippen LogP contribution >= 0.6 is 0 Å². The Hall–Kier alpha value is -2.84. The predicted octanol–water partition coefficient (Wildman–Crippen LogP) is 5.57. The summed E-state index contributed by atoms with van der Waals surface area (Å²) in [4.78, 5) is 0. The Labute approximate surface area is 154 Å². The molecule has 4 N–H and O–H groups in total. The van der Waals surface area contributed by atoms with Gasteiger partial charge < -0.3 is 25.2 Å². The molecule has 0 unspecified atom stereocenters. The van der Waals surface area contributed by atoms with Crippen LogP contribution < -0.4 is 4.74 Å². The van der Waals surface area contributed by atoms with E-state index >= 15 is 0 Å². The van der Waals surface area contributed by atoms with Gasteiger partial charge in [-0.25, -0.2) is 4.39 Å². The monoisotopic (exact) mass is 394 g/mol. The first-order valence-corrected chi connectivity index (χ1v) is 8.05. The number of halogens is 4.